The molecule has 0 aliphatic heterocycles. The Balaban J connectivity index is 1.72. The summed E-state index contributed by atoms with van der Waals surface area (Å²) >= 11 is 1.45. The third kappa shape index (κ3) is 3.39. The summed E-state index contributed by atoms with van der Waals surface area (Å²) < 4.78 is 42.7. The van der Waals surface area contributed by atoms with Crippen LogP contribution >= 0.6 is 11.3 Å². The van der Waals surface area contributed by atoms with Crippen LogP contribution < -0.4 is 5.32 Å². The molecule has 0 radical (unpaired) electrons. The van der Waals surface area contributed by atoms with E-state index in [1.165, 1.54) is 11.3 Å². The lowest BCUT2D eigenvalue weighted by Crippen LogP contribution is -2.13. The highest BCUT2D eigenvalue weighted by Crippen LogP contribution is 2.29. The molecule has 3 rings (SSSR count). The molecule has 0 spiro atoms. The van der Waals surface area contributed by atoms with Gasteiger partial charge in [-0.1, -0.05) is 5.10 Å². The van der Waals surface area contributed by atoms with Crippen molar-refractivity contribution >= 4 is 23.3 Å². The summed E-state index contributed by atoms with van der Waals surface area (Å²) in [6.45, 7) is 0. The predicted molar refractivity (Wildman–Crippen MR) is 77.0 cm³/mol. The van der Waals surface area contributed by atoms with E-state index in [9.17, 15) is 18.0 Å². The number of halogens is 3. The van der Waals surface area contributed by atoms with Gasteiger partial charge in [0, 0.05) is 16.5 Å². The van der Waals surface area contributed by atoms with Crippen LogP contribution in [0.15, 0.2) is 45.5 Å². The van der Waals surface area contributed by atoms with Crippen molar-refractivity contribution in [2.45, 2.75) is 6.18 Å². The number of nitrogens with one attached hydrogen (secondary N) is 1. The molecule has 0 saturated heterocycles. The summed E-state index contributed by atoms with van der Waals surface area (Å²) in [6, 6.07) is 5.47. The Morgan fingerprint density at radius 3 is 2.48 bits per heavy atom. The van der Waals surface area contributed by atoms with Crippen LogP contribution in [0.3, 0.4) is 0 Å². The third-order valence-electron chi connectivity index (χ3n) is 2.89. The molecule has 2 heterocycles. The fourth-order valence-electron chi connectivity index (χ4n) is 1.76. The average molecular weight is 339 g/mol. The van der Waals surface area contributed by atoms with Crippen molar-refractivity contribution in [3.8, 4) is 11.5 Å². The first-order valence-electron chi connectivity index (χ1n) is 6.28. The van der Waals surface area contributed by atoms with E-state index in [2.05, 4.69) is 15.5 Å². The van der Waals surface area contributed by atoms with Crippen molar-refractivity contribution in [3.05, 3.63) is 52.2 Å². The number of thiophene rings is 1. The normalized spacial score (nSPS) is 11.4. The SMILES string of the molecule is O=C(Nc1nnc(-c2ccsc2)o1)c1ccc(C(F)(F)F)cc1. The van der Waals surface area contributed by atoms with Gasteiger partial charge in [-0.2, -0.15) is 24.5 Å². The maximum atomic E-state index is 12.5. The second-order valence-corrected chi connectivity index (χ2v) is 5.23. The zero-order valence-electron chi connectivity index (χ0n) is 11.3. The van der Waals surface area contributed by atoms with Crippen molar-refractivity contribution in [2.75, 3.05) is 5.32 Å². The van der Waals surface area contributed by atoms with Gasteiger partial charge in [-0.15, -0.1) is 5.10 Å². The maximum Gasteiger partial charge on any atom is 0.416 e. The van der Waals surface area contributed by atoms with Crippen LogP contribution in [0.1, 0.15) is 15.9 Å². The predicted octanol–water partition coefficient (Wildman–Crippen LogP) is 4.07. The van der Waals surface area contributed by atoms with Crippen LogP contribution in [0.4, 0.5) is 19.2 Å². The van der Waals surface area contributed by atoms with Crippen molar-refractivity contribution in [2.24, 2.45) is 0 Å². The van der Waals surface area contributed by atoms with Crippen molar-refractivity contribution in [1.29, 1.82) is 0 Å². The van der Waals surface area contributed by atoms with Crippen molar-refractivity contribution in [3.63, 3.8) is 0 Å². The van der Waals surface area contributed by atoms with Gasteiger partial charge in [-0.3, -0.25) is 10.1 Å². The largest absolute Gasteiger partial charge is 0.416 e. The minimum atomic E-state index is -4.45. The molecule has 0 aliphatic rings. The lowest BCUT2D eigenvalue weighted by molar-refractivity contribution is -0.137. The van der Waals surface area contributed by atoms with Gasteiger partial charge in [-0.25, -0.2) is 0 Å². The number of benzene rings is 1. The highest BCUT2D eigenvalue weighted by Gasteiger charge is 2.30. The summed E-state index contributed by atoms with van der Waals surface area (Å²) in [5.41, 5.74) is -0.0580. The number of alkyl halides is 3. The monoisotopic (exact) mass is 339 g/mol. The quantitative estimate of drug-likeness (QED) is 0.781. The summed E-state index contributed by atoms with van der Waals surface area (Å²) in [5.74, 6) is -0.395. The average Bonchev–Trinajstić information content (AvgIpc) is 3.17. The van der Waals surface area contributed by atoms with Crippen LogP contribution in [0, 0.1) is 0 Å². The smallest absolute Gasteiger partial charge is 0.403 e. The molecule has 5 nitrogen and oxygen atoms in total. The van der Waals surface area contributed by atoms with Crippen molar-refractivity contribution < 1.29 is 22.4 Å². The molecule has 2 aromatic heterocycles. The molecule has 0 aliphatic carbocycles. The first-order chi connectivity index (χ1) is 10.9. The molecule has 3 aromatic rings. The van der Waals surface area contributed by atoms with Crippen LogP contribution in [0.25, 0.3) is 11.5 Å². The second-order valence-electron chi connectivity index (χ2n) is 4.45. The molecule has 118 valence electrons. The molecule has 1 amide bonds. The zero-order chi connectivity index (χ0) is 16.4. The molecule has 0 unspecified atom stereocenters. The Hall–Kier alpha value is -2.68. The number of rotatable bonds is 3. The standard InChI is InChI=1S/C14H8F3N3O2S/c15-14(16,17)10-3-1-8(2-4-10)11(21)18-13-20-19-12(22-13)9-5-6-23-7-9/h1-7H,(H,18,20,21). The number of anilines is 1. The summed E-state index contributed by atoms with van der Waals surface area (Å²) in [6.07, 6.45) is -4.45. The molecule has 0 atom stereocenters. The minimum Gasteiger partial charge on any atom is -0.403 e. The van der Waals surface area contributed by atoms with Gasteiger partial charge in [0.1, 0.15) is 0 Å². The van der Waals surface area contributed by atoms with Gasteiger partial charge in [0.05, 0.1) is 5.56 Å². The Kier molecular flexibility index (Phi) is 3.87. The third-order valence-corrected chi connectivity index (χ3v) is 3.57. The fraction of sp³-hybridized carbons (Fsp3) is 0.0714. The van der Waals surface area contributed by atoms with E-state index in [-0.39, 0.29) is 17.5 Å². The Morgan fingerprint density at radius 2 is 1.87 bits per heavy atom. The lowest BCUT2D eigenvalue weighted by atomic mass is 10.1. The van der Waals surface area contributed by atoms with Crippen LogP contribution in [0.2, 0.25) is 0 Å². The van der Waals surface area contributed by atoms with Crippen LogP contribution in [-0.4, -0.2) is 16.1 Å². The van der Waals surface area contributed by atoms with Crippen LogP contribution in [0.5, 0.6) is 0 Å². The summed E-state index contributed by atoms with van der Waals surface area (Å²) in [7, 11) is 0. The minimum absolute atomic E-state index is 0.0493. The van der Waals surface area contributed by atoms with E-state index in [0.717, 1.165) is 29.8 Å². The fourth-order valence-corrected chi connectivity index (χ4v) is 2.39. The number of carbonyl (C=O) groups excluding carboxylic acids is 1. The van der Waals surface area contributed by atoms with Gasteiger partial charge in [-0.05, 0) is 35.7 Å². The summed E-state index contributed by atoms with van der Waals surface area (Å²) in [4.78, 5) is 12.0. The molecule has 0 fully saturated rings. The van der Waals surface area contributed by atoms with Gasteiger partial charge in [0.25, 0.3) is 11.8 Å². The number of hydrogen-bond acceptors (Lipinski definition) is 5. The highest BCUT2D eigenvalue weighted by molar-refractivity contribution is 7.08. The highest BCUT2D eigenvalue weighted by atomic mass is 32.1. The number of carbonyl (C=O) groups is 1. The Bertz CT molecular complexity index is 811. The second kappa shape index (κ2) is 5.84. The lowest BCUT2D eigenvalue weighted by Gasteiger charge is -2.06. The summed E-state index contributed by atoms with van der Waals surface area (Å²) in [5, 5.41) is 13.4. The van der Waals surface area contributed by atoms with Gasteiger partial charge < -0.3 is 4.42 Å². The molecule has 1 aromatic carbocycles. The molecule has 23 heavy (non-hydrogen) atoms. The number of nitrogens with zero attached hydrogens (tertiary/aromatic N) is 2. The van der Waals surface area contributed by atoms with E-state index in [1.54, 1.807) is 11.4 Å². The van der Waals surface area contributed by atoms with Gasteiger partial charge in [0.15, 0.2) is 0 Å². The van der Waals surface area contributed by atoms with E-state index in [0.29, 0.717) is 0 Å². The molecule has 9 heteroatoms. The first kappa shape index (κ1) is 15.2. The van der Waals surface area contributed by atoms with E-state index >= 15 is 0 Å². The molecule has 1 N–H and O–H groups in total. The molecular weight excluding hydrogens is 331 g/mol. The number of hydrogen-bond donors (Lipinski definition) is 1. The number of aromatic nitrogens is 2. The molecular formula is C14H8F3N3O2S. The van der Waals surface area contributed by atoms with E-state index in [4.69, 9.17) is 4.42 Å². The van der Waals surface area contributed by atoms with Crippen molar-refractivity contribution in [1.82, 2.24) is 10.2 Å². The first-order valence-corrected chi connectivity index (χ1v) is 7.22. The van der Waals surface area contributed by atoms with Crippen LogP contribution in [-0.2, 0) is 6.18 Å². The van der Waals surface area contributed by atoms with Gasteiger partial charge in [0.2, 0.25) is 0 Å². The topological polar surface area (TPSA) is 68.0 Å². The Labute approximate surface area is 131 Å². The van der Waals surface area contributed by atoms with E-state index < -0.39 is 17.6 Å². The maximum absolute atomic E-state index is 12.5. The Morgan fingerprint density at radius 1 is 1.13 bits per heavy atom. The molecule has 0 saturated carbocycles. The zero-order valence-corrected chi connectivity index (χ0v) is 12.1. The van der Waals surface area contributed by atoms with Gasteiger partial charge >= 0.3 is 12.2 Å². The number of amides is 1. The van der Waals surface area contributed by atoms with E-state index in [1.807, 2.05) is 5.38 Å². The molecule has 0 bridgehead atoms.